The third-order valence-corrected chi connectivity index (χ3v) is 3.64. The zero-order valence-corrected chi connectivity index (χ0v) is 14.6. The lowest BCUT2D eigenvalue weighted by Gasteiger charge is -2.26. The molecule has 0 spiro atoms. The summed E-state index contributed by atoms with van der Waals surface area (Å²) in [5, 5.41) is 0. The monoisotopic (exact) mass is 334 g/mol. The first-order chi connectivity index (χ1) is 11.5. The molecule has 0 radical (unpaired) electrons. The topological polar surface area (TPSA) is 61.8 Å². The van der Waals surface area contributed by atoms with Gasteiger partial charge in [0.25, 0.3) is 0 Å². The Morgan fingerprint density at radius 2 is 1.62 bits per heavy atom. The highest BCUT2D eigenvalue weighted by Gasteiger charge is 2.39. The molecule has 0 aromatic heterocycles. The first-order valence-electron chi connectivity index (χ1n) is 8.16. The maximum Gasteiger partial charge on any atom is 0.321 e. The van der Waals surface area contributed by atoms with Gasteiger partial charge < -0.3 is 14.2 Å². The van der Waals surface area contributed by atoms with Gasteiger partial charge in [-0.15, -0.1) is 6.58 Å². The van der Waals surface area contributed by atoms with Crippen LogP contribution in [0.5, 0.6) is 0 Å². The van der Waals surface area contributed by atoms with Crippen LogP contribution >= 0.6 is 0 Å². The van der Waals surface area contributed by atoms with E-state index in [-0.39, 0.29) is 13.2 Å². The minimum absolute atomic E-state index is 0.192. The van der Waals surface area contributed by atoms with Gasteiger partial charge in [-0.25, -0.2) is 0 Å². The van der Waals surface area contributed by atoms with Gasteiger partial charge in [0.2, 0.25) is 0 Å². The molecule has 0 unspecified atom stereocenters. The molecular formula is C19H26O5. The number of carbonyl (C=O) groups is 2. The number of rotatable bonds is 10. The van der Waals surface area contributed by atoms with E-state index in [0.29, 0.717) is 6.61 Å². The third kappa shape index (κ3) is 5.81. The van der Waals surface area contributed by atoms with Crippen molar-refractivity contribution in [2.24, 2.45) is 11.8 Å². The molecule has 24 heavy (non-hydrogen) atoms. The molecule has 132 valence electrons. The first-order valence-corrected chi connectivity index (χ1v) is 8.16. The minimum Gasteiger partial charge on any atom is -0.465 e. The molecule has 5 heteroatoms. The predicted octanol–water partition coefficient (Wildman–Crippen LogP) is 3.14. The van der Waals surface area contributed by atoms with Gasteiger partial charge >= 0.3 is 11.9 Å². The maximum atomic E-state index is 12.2. The van der Waals surface area contributed by atoms with E-state index in [1.54, 1.807) is 26.8 Å². The van der Waals surface area contributed by atoms with E-state index < -0.39 is 29.9 Å². The molecule has 1 rings (SSSR count). The van der Waals surface area contributed by atoms with Gasteiger partial charge in [-0.1, -0.05) is 36.4 Å². The van der Waals surface area contributed by atoms with E-state index in [4.69, 9.17) is 14.2 Å². The molecule has 0 aliphatic rings. The van der Waals surface area contributed by atoms with E-state index in [2.05, 4.69) is 6.58 Å². The van der Waals surface area contributed by atoms with Gasteiger partial charge in [-0.2, -0.15) is 0 Å². The highest BCUT2D eigenvalue weighted by Crippen LogP contribution is 2.24. The van der Waals surface area contributed by atoms with Crippen molar-refractivity contribution in [2.75, 3.05) is 13.2 Å². The van der Waals surface area contributed by atoms with Crippen LogP contribution in [-0.4, -0.2) is 31.3 Å². The van der Waals surface area contributed by atoms with Crippen LogP contribution in [0, 0.1) is 11.8 Å². The van der Waals surface area contributed by atoms with Gasteiger partial charge in [0.1, 0.15) is 0 Å². The number of benzene rings is 1. The Labute approximate surface area is 143 Å². The zero-order chi connectivity index (χ0) is 17.9. The van der Waals surface area contributed by atoms with Crippen molar-refractivity contribution in [3.8, 4) is 0 Å². The molecule has 2 atom stereocenters. The predicted molar refractivity (Wildman–Crippen MR) is 91.1 cm³/mol. The van der Waals surface area contributed by atoms with Gasteiger partial charge in [0, 0.05) is 5.92 Å². The number of ether oxygens (including phenoxy) is 3. The standard InChI is InChI=1S/C19H26O5/c1-5-16(14(4)24-13-15-11-9-8-10-12-15)17(18(20)22-6-2)19(21)23-7-3/h5,8-12,14,16-17H,1,6-7,13H2,2-4H3/t14-,16+/m0/s1. The van der Waals surface area contributed by atoms with Gasteiger partial charge in [0.05, 0.1) is 25.9 Å². The largest absolute Gasteiger partial charge is 0.465 e. The van der Waals surface area contributed by atoms with Crippen LogP contribution in [0.4, 0.5) is 0 Å². The van der Waals surface area contributed by atoms with Crippen molar-refractivity contribution in [3.05, 3.63) is 48.6 Å². The van der Waals surface area contributed by atoms with Crippen molar-refractivity contribution in [2.45, 2.75) is 33.5 Å². The van der Waals surface area contributed by atoms with Crippen LogP contribution in [0.15, 0.2) is 43.0 Å². The summed E-state index contributed by atoms with van der Waals surface area (Å²) in [6, 6.07) is 9.67. The fourth-order valence-electron chi connectivity index (χ4n) is 2.39. The fourth-order valence-corrected chi connectivity index (χ4v) is 2.39. The SMILES string of the molecule is C=C[C@@H](C(C(=O)OCC)C(=O)OCC)[C@H](C)OCc1ccccc1. The van der Waals surface area contributed by atoms with Crippen LogP contribution in [-0.2, 0) is 30.4 Å². The third-order valence-electron chi connectivity index (χ3n) is 3.64. The molecular weight excluding hydrogens is 308 g/mol. The van der Waals surface area contributed by atoms with Crippen LogP contribution in [0.2, 0.25) is 0 Å². The number of hydrogen-bond acceptors (Lipinski definition) is 5. The molecule has 0 N–H and O–H groups in total. The molecule has 0 saturated carbocycles. The molecule has 1 aromatic rings. The van der Waals surface area contributed by atoms with Gasteiger partial charge in [0.15, 0.2) is 5.92 Å². The molecule has 0 aliphatic carbocycles. The second kappa shape index (κ2) is 10.6. The summed E-state index contributed by atoms with van der Waals surface area (Å²) in [5.74, 6) is -2.84. The summed E-state index contributed by atoms with van der Waals surface area (Å²) in [6.45, 7) is 9.70. The Balaban J connectivity index is 2.84. The van der Waals surface area contributed by atoms with E-state index in [1.165, 1.54) is 0 Å². The van der Waals surface area contributed by atoms with Gasteiger partial charge in [-0.05, 0) is 26.3 Å². The van der Waals surface area contributed by atoms with Crippen LogP contribution in [0.3, 0.4) is 0 Å². The highest BCUT2D eigenvalue weighted by molar-refractivity contribution is 5.95. The molecule has 0 fully saturated rings. The summed E-state index contributed by atoms with van der Waals surface area (Å²) < 4.78 is 15.9. The number of esters is 2. The molecule has 1 aromatic carbocycles. The summed E-state index contributed by atoms with van der Waals surface area (Å²) in [7, 11) is 0. The van der Waals surface area contributed by atoms with E-state index in [1.807, 2.05) is 30.3 Å². The highest BCUT2D eigenvalue weighted by atomic mass is 16.6. The lowest BCUT2D eigenvalue weighted by molar-refractivity contribution is -0.166. The molecule has 0 amide bonds. The van der Waals surface area contributed by atoms with Gasteiger partial charge in [-0.3, -0.25) is 9.59 Å². The van der Waals surface area contributed by atoms with E-state index in [0.717, 1.165) is 5.56 Å². The summed E-state index contributed by atoms with van der Waals surface area (Å²) in [4.78, 5) is 24.4. The van der Waals surface area contributed by atoms with Crippen molar-refractivity contribution < 1.29 is 23.8 Å². The Kier molecular flexibility index (Phi) is 8.79. The Hall–Kier alpha value is -2.14. The molecule has 0 bridgehead atoms. The normalized spacial score (nSPS) is 13.2. The lowest BCUT2D eigenvalue weighted by Crippen LogP contribution is -2.39. The second-order valence-corrected chi connectivity index (χ2v) is 5.30. The Bertz CT molecular complexity index is 508. The van der Waals surface area contributed by atoms with Crippen molar-refractivity contribution in [1.82, 2.24) is 0 Å². The summed E-state index contributed by atoms with van der Waals surface area (Å²) in [6.07, 6.45) is 1.15. The molecule has 0 heterocycles. The zero-order valence-electron chi connectivity index (χ0n) is 14.6. The summed E-state index contributed by atoms with van der Waals surface area (Å²) in [5.41, 5.74) is 1.01. The molecule has 0 aliphatic heterocycles. The van der Waals surface area contributed by atoms with Crippen molar-refractivity contribution in [3.63, 3.8) is 0 Å². The second-order valence-electron chi connectivity index (χ2n) is 5.30. The first kappa shape index (κ1) is 19.9. The molecule has 0 saturated heterocycles. The summed E-state index contributed by atoms with van der Waals surface area (Å²) >= 11 is 0. The van der Waals surface area contributed by atoms with Crippen molar-refractivity contribution >= 4 is 11.9 Å². The number of carbonyl (C=O) groups excluding carboxylic acids is 2. The van der Waals surface area contributed by atoms with Crippen LogP contribution in [0.25, 0.3) is 0 Å². The average Bonchev–Trinajstić information content (AvgIpc) is 2.58. The van der Waals surface area contributed by atoms with Crippen LogP contribution < -0.4 is 0 Å². The fraction of sp³-hybridized carbons (Fsp3) is 0.474. The average molecular weight is 334 g/mol. The Morgan fingerprint density at radius 3 is 2.08 bits per heavy atom. The van der Waals surface area contributed by atoms with Crippen molar-refractivity contribution in [1.29, 1.82) is 0 Å². The van der Waals surface area contributed by atoms with E-state index >= 15 is 0 Å². The lowest BCUT2D eigenvalue weighted by atomic mass is 9.88. The number of hydrogen-bond donors (Lipinski definition) is 0. The van der Waals surface area contributed by atoms with Crippen LogP contribution in [0.1, 0.15) is 26.3 Å². The Morgan fingerprint density at radius 1 is 1.08 bits per heavy atom. The molecule has 5 nitrogen and oxygen atoms in total. The minimum atomic E-state index is -1.08. The maximum absolute atomic E-state index is 12.2. The quantitative estimate of drug-likeness (QED) is 0.374. The smallest absolute Gasteiger partial charge is 0.321 e. The van der Waals surface area contributed by atoms with E-state index in [9.17, 15) is 9.59 Å².